The van der Waals surface area contributed by atoms with Gasteiger partial charge in [-0.3, -0.25) is 4.79 Å². The maximum Gasteiger partial charge on any atom is 0.410 e. The number of aliphatic carboxylic acids is 1. The number of carboxylic acids is 1. The van der Waals surface area contributed by atoms with Crippen molar-refractivity contribution >= 4 is 12.1 Å². The molecule has 1 aromatic rings. The highest BCUT2D eigenvalue weighted by Gasteiger charge is 2.41. The topological polar surface area (TPSA) is 66.8 Å². The minimum absolute atomic E-state index is 0.0902. The van der Waals surface area contributed by atoms with Crippen molar-refractivity contribution in [2.75, 3.05) is 13.2 Å². The summed E-state index contributed by atoms with van der Waals surface area (Å²) >= 11 is 0. The molecule has 1 fully saturated rings. The number of carbonyl (C=O) groups excluding carboxylic acids is 1. The number of ether oxygens (including phenoxy) is 1. The third kappa shape index (κ3) is 3.07. The van der Waals surface area contributed by atoms with Crippen molar-refractivity contribution in [1.82, 2.24) is 4.90 Å². The number of likely N-dealkylation sites (tertiary alicyclic amines) is 1. The Kier molecular flexibility index (Phi) is 4.55. The van der Waals surface area contributed by atoms with Gasteiger partial charge < -0.3 is 14.7 Å². The lowest BCUT2D eigenvalue weighted by atomic mass is 10.0. The number of hydrogen-bond donors (Lipinski definition) is 1. The van der Waals surface area contributed by atoms with Crippen LogP contribution in [0.4, 0.5) is 9.18 Å². The highest BCUT2D eigenvalue weighted by molar-refractivity contribution is 5.75. The molecule has 1 aromatic carbocycles. The molecule has 6 heteroatoms. The van der Waals surface area contributed by atoms with Crippen LogP contribution in [0, 0.1) is 5.92 Å². The fourth-order valence-corrected chi connectivity index (χ4v) is 2.36. The maximum atomic E-state index is 13.0. The number of benzene rings is 1. The van der Waals surface area contributed by atoms with Crippen molar-refractivity contribution in [1.29, 1.82) is 0 Å². The second kappa shape index (κ2) is 6.36. The standard InChI is InChI=1S/C14H16FNO4/c15-8-12-11(13(17)18)6-7-16(12)14(19)20-9-10-4-2-1-3-5-10/h1-5,11-12H,6-9H2,(H,17,18)/t11-,12-/m0/s1. The van der Waals surface area contributed by atoms with Gasteiger partial charge in [0.25, 0.3) is 0 Å². The van der Waals surface area contributed by atoms with E-state index in [-0.39, 0.29) is 19.6 Å². The van der Waals surface area contributed by atoms with Gasteiger partial charge in [-0.2, -0.15) is 0 Å². The summed E-state index contributed by atoms with van der Waals surface area (Å²) in [4.78, 5) is 24.0. The third-order valence-electron chi connectivity index (χ3n) is 3.46. The maximum absolute atomic E-state index is 13.0. The molecule has 20 heavy (non-hydrogen) atoms. The summed E-state index contributed by atoms with van der Waals surface area (Å²) in [5, 5.41) is 8.98. The molecule has 2 atom stereocenters. The molecule has 1 saturated heterocycles. The number of alkyl halides is 1. The van der Waals surface area contributed by atoms with Crippen LogP contribution >= 0.6 is 0 Å². The van der Waals surface area contributed by atoms with Crippen LogP contribution < -0.4 is 0 Å². The Bertz CT molecular complexity index is 479. The molecule has 0 spiro atoms. The highest BCUT2D eigenvalue weighted by atomic mass is 19.1. The Hall–Kier alpha value is -2.11. The molecule has 5 nitrogen and oxygen atoms in total. The van der Waals surface area contributed by atoms with Crippen LogP contribution in [0.2, 0.25) is 0 Å². The lowest BCUT2D eigenvalue weighted by Crippen LogP contribution is -2.41. The molecular formula is C14H16FNO4. The summed E-state index contributed by atoms with van der Waals surface area (Å²) in [6.45, 7) is -0.580. The smallest absolute Gasteiger partial charge is 0.410 e. The van der Waals surface area contributed by atoms with Crippen molar-refractivity contribution < 1.29 is 23.8 Å². The zero-order valence-corrected chi connectivity index (χ0v) is 10.9. The average Bonchev–Trinajstić information content (AvgIpc) is 2.90. The van der Waals surface area contributed by atoms with Gasteiger partial charge in [0, 0.05) is 6.54 Å². The van der Waals surface area contributed by atoms with E-state index in [4.69, 9.17) is 9.84 Å². The molecule has 1 aliphatic rings. The van der Waals surface area contributed by atoms with Gasteiger partial charge in [-0.1, -0.05) is 30.3 Å². The molecule has 1 N–H and O–H groups in total. The van der Waals surface area contributed by atoms with Gasteiger partial charge in [-0.05, 0) is 12.0 Å². The molecular weight excluding hydrogens is 265 g/mol. The Morgan fingerprint density at radius 2 is 2.05 bits per heavy atom. The van der Waals surface area contributed by atoms with Crippen LogP contribution in [0.15, 0.2) is 30.3 Å². The lowest BCUT2D eigenvalue weighted by molar-refractivity contribution is -0.142. The number of halogens is 1. The first-order valence-corrected chi connectivity index (χ1v) is 6.39. The number of carboxylic acid groups (broad SMARTS) is 1. The normalized spacial score (nSPS) is 21.8. The summed E-state index contributed by atoms with van der Waals surface area (Å²) in [6.07, 6.45) is -0.412. The molecule has 0 bridgehead atoms. The first-order valence-electron chi connectivity index (χ1n) is 6.39. The van der Waals surface area contributed by atoms with Crippen LogP contribution in [-0.2, 0) is 16.1 Å². The molecule has 1 heterocycles. The van der Waals surface area contributed by atoms with E-state index in [1.54, 1.807) is 0 Å². The van der Waals surface area contributed by atoms with E-state index in [9.17, 15) is 14.0 Å². The zero-order valence-electron chi connectivity index (χ0n) is 10.9. The lowest BCUT2D eigenvalue weighted by Gasteiger charge is -2.23. The van der Waals surface area contributed by atoms with Gasteiger partial charge >= 0.3 is 12.1 Å². The molecule has 0 aliphatic carbocycles. The second-order valence-electron chi connectivity index (χ2n) is 4.69. The van der Waals surface area contributed by atoms with E-state index in [2.05, 4.69) is 0 Å². The number of nitrogens with zero attached hydrogens (tertiary/aromatic N) is 1. The van der Waals surface area contributed by atoms with E-state index < -0.39 is 30.7 Å². The summed E-state index contributed by atoms with van der Waals surface area (Å²) in [5.41, 5.74) is 0.826. The Labute approximate surface area is 116 Å². The molecule has 1 aliphatic heterocycles. The number of amides is 1. The largest absolute Gasteiger partial charge is 0.481 e. The van der Waals surface area contributed by atoms with Gasteiger partial charge in [-0.15, -0.1) is 0 Å². The van der Waals surface area contributed by atoms with E-state index in [1.807, 2.05) is 30.3 Å². The highest BCUT2D eigenvalue weighted by Crippen LogP contribution is 2.26. The van der Waals surface area contributed by atoms with Gasteiger partial charge in [0.1, 0.15) is 13.3 Å². The molecule has 0 radical (unpaired) electrons. The van der Waals surface area contributed by atoms with Crippen LogP contribution in [0.25, 0.3) is 0 Å². The first kappa shape index (κ1) is 14.3. The molecule has 108 valence electrons. The van der Waals surface area contributed by atoms with Crippen LogP contribution in [0.5, 0.6) is 0 Å². The second-order valence-corrected chi connectivity index (χ2v) is 4.69. The van der Waals surface area contributed by atoms with Crippen LogP contribution in [-0.4, -0.2) is 41.3 Å². The first-order chi connectivity index (χ1) is 9.63. The van der Waals surface area contributed by atoms with Gasteiger partial charge in [0.15, 0.2) is 0 Å². The number of hydrogen-bond acceptors (Lipinski definition) is 3. The monoisotopic (exact) mass is 281 g/mol. The van der Waals surface area contributed by atoms with Crippen molar-refractivity contribution in [3.05, 3.63) is 35.9 Å². The van der Waals surface area contributed by atoms with E-state index in [1.165, 1.54) is 4.90 Å². The van der Waals surface area contributed by atoms with Gasteiger partial charge in [0.05, 0.1) is 12.0 Å². The third-order valence-corrected chi connectivity index (χ3v) is 3.46. The van der Waals surface area contributed by atoms with Crippen LogP contribution in [0.3, 0.4) is 0 Å². The molecule has 0 aromatic heterocycles. The summed E-state index contributed by atoms with van der Waals surface area (Å²) in [7, 11) is 0. The summed E-state index contributed by atoms with van der Waals surface area (Å²) in [6, 6.07) is 8.18. The molecule has 0 saturated carbocycles. The zero-order chi connectivity index (χ0) is 14.5. The van der Waals surface area contributed by atoms with Crippen LogP contribution in [0.1, 0.15) is 12.0 Å². The fourth-order valence-electron chi connectivity index (χ4n) is 2.36. The predicted octanol–water partition coefficient (Wildman–Crippen LogP) is 2.07. The molecule has 2 rings (SSSR count). The van der Waals surface area contributed by atoms with Crippen molar-refractivity contribution in [3.63, 3.8) is 0 Å². The average molecular weight is 281 g/mol. The quantitative estimate of drug-likeness (QED) is 0.917. The number of rotatable bonds is 4. The van der Waals surface area contributed by atoms with E-state index >= 15 is 0 Å². The number of carbonyl (C=O) groups is 2. The molecule has 1 amide bonds. The SMILES string of the molecule is O=C(O)[C@H]1CCN(C(=O)OCc2ccccc2)[C@H]1CF. The Balaban J connectivity index is 1.94. The fraction of sp³-hybridized carbons (Fsp3) is 0.429. The minimum atomic E-state index is -1.08. The van der Waals surface area contributed by atoms with E-state index in [0.29, 0.717) is 0 Å². The van der Waals surface area contributed by atoms with E-state index in [0.717, 1.165) is 5.56 Å². The summed E-state index contributed by atoms with van der Waals surface area (Å²) < 4.78 is 18.1. The minimum Gasteiger partial charge on any atom is -0.481 e. The Morgan fingerprint density at radius 1 is 1.35 bits per heavy atom. The van der Waals surface area contributed by atoms with Gasteiger partial charge in [-0.25, -0.2) is 9.18 Å². The Morgan fingerprint density at radius 3 is 2.65 bits per heavy atom. The summed E-state index contributed by atoms with van der Waals surface area (Å²) in [5.74, 6) is -1.93. The van der Waals surface area contributed by atoms with Crippen molar-refractivity contribution in [2.24, 2.45) is 5.92 Å². The van der Waals surface area contributed by atoms with Crippen molar-refractivity contribution in [3.8, 4) is 0 Å². The molecule has 0 unspecified atom stereocenters. The van der Waals surface area contributed by atoms with Crippen molar-refractivity contribution in [2.45, 2.75) is 19.1 Å². The predicted molar refractivity (Wildman–Crippen MR) is 68.8 cm³/mol. The van der Waals surface area contributed by atoms with Gasteiger partial charge in [0.2, 0.25) is 0 Å².